The van der Waals surface area contributed by atoms with Gasteiger partial charge in [0.15, 0.2) is 0 Å². The van der Waals surface area contributed by atoms with E-state index in [4.69, 9.17) is 4.74 Å². The fraction of sp³-hybridized carbons (Fsp3) is 0.333. The zero-order valence-corrected chi connectivity index (χ0v) is 14.2. The van der Waals surface area contributed by atoms with Crippen LogP contribution in [0, 0.1) is 5.82 Å². The molecule has 1 fully saturated rings. The lowest BCUT2D eigenvalue weighted by molar-refractivity contribution is 0.0529. The average molecular weight is 341 g/mol. The molecule has 1 N–H and O–H groups in total. The number of hydrogen-bond donors (Lipinski definition) is 1. The van der Waals surface area contributed by atoms with E-state index < -0.39 is 0 Å². The highest BCUT2D eigenvalue weighted by Crippen LogP contribution is 2.26. The molecule has 3 aromatic rings. The number of nitrogens with one attached hydrogen (secondary N) is 1. The Hall–Kier alpha value is -2.67. The number of anilines is 2. The Balaban J connectivity index is 1.73. The number of benzene rings is 1. The number of nitrogens with zero attached hydrogens (tertiary/aromatic N) is 4. The lowest BCUT2D eigenvalue weighted by atomic mass is 10.1. The molecule has 0 aliphatic carbocycles. The number of hydrogen-bond acceptors (Lipinski definition) is 5. The van der Waals surface area contributed by atoms with Crippen LogP contribution in [0.3, 0.4) is 0 Å². The molecule has 130 valence electrons. The summed E-state index contributed by atoms with van der Waals surface area (Å²) in [6.07, 6.45) is 3.89. The second-order valence-electron chi connectivity index (χ2n) is 6.17. The molecule has 7 heteroatoms. The maximum atomic E-state index is 14.2. The van der Waals surface area contributed by atoms with Crippen LogP contribution in [0.15, 0.2) is 36.7 Å². The predicted octanol–water partition coefficient (Wildman–Crippen LogP) is 2.80. The Morgan fingerprint density at radius 3 is 3.00 bits per heavy atom. The number of imidazole rings is 1. The van der Waals surface area contributed by atoms with Crippen molar-refractivity contribution in [2.75, 3.05) is 37.0 Å². The van der Waals surface area contributed by atoms with Crippen LogP contribution in [0.4, 0.5) is 15.9 Å². The summed E-state index contributed by atoms with van der Waals surface area (Å²) in [6, 6.07) is 6.71. The Kier molecular flexibility index (Phi) is 4.01. The van der Waals surface area contributed by atoms with Gasteiger partial charge < -0.3 is 15.0 Å². The van der Waals surface area contributed by atoms with Crippen molar-refractivity contribution in [1.82, 2.24) is 14.4 Å². The minimum Gasteiger partial charge on any atom is -0.388 e. The summed E-state index contributed by atoms with van der Waals surface area (Å²) in [7, 11) is 1.80. The molecule has 6 nitrogen and oxygen atoms in total. The van der Waals surface area contributed by atoms with Gasteiger partial charge in [-0.2, -0.15) is 0 Å². The number of aromatic nitrogens is 3. The number of morpholine rings is 1. The molecule has 0 amide bonds. The standard InChI is InChI=1S/C18H20FN5O/c1-12-11-23(7-8-25-12)17-10-21-18-22-16(5-6-24(17)18)14-9-13(20-2)3-4-15(14)19/h3-6,9-10,12,20H,7-8,11H2,1-2H3. The molecular formula is C18H20FN5O. The van der Waals surface area contributed by atoms with E-state index in [1.165, 1.54) is 6.07 Å². The van der Waals surface area contributed by atoms with E-state index in [0.717, 1.165) is 24.6 Å². The molecule has 0 bridgehead atoms. The molecule has 1 unspecified atom stereocenters. The van der Waals surface area contributed by atoms with Gasteiger partial charge in [0.25, 0.3) is 0 Å². The Morgan fingerprint density at radius 2 is 2.20 bits per heavy atom. The van der Waals surface area contributed by atoms with Crippen LogP contribution in [-0.2, 0) is 4.74 Å². The van der Waals surface area contributed by atoms with Crippen LogP contribution in [0.5, 0.6) is 0 Å². The van der Waals surface area contributed by atoms with Crippen molar-refractivity contribution < 1.29 is 9.13 Å². The molecule has 2 aromatic heterocycles. The van der Waals surface area contributed by atoms with E-state index in [1.54, 1.807) is 19.2 Å². The van der Waals surface area contributed by atoms with Crippen LogP contribution < -0.4 is 10.2 Å². The first-order valence-electron chi connectivity index (χ1n) is 8.34. The van der Waals surface area contributed by atoms with Gasteiger partial charge in [0.2, 0.25) is 5.78 Å². The first kappa shape index (κ1) is 15.8. The van der Waals surface area contributed by atoms with Crippen molar-refractivity contribution in [3.05, 3.63) is 42.5 Å². The smallest absolute Gasteiger partial charge is 0.235 e. The number of halogens is 1. The molecule has 1 aromatic carbocycles. The highest BCUT2D eigenvalue weighted by atomic mass is 19.1. The van der Waals surface area contributed by atoms with Gasteiger partial charge >= 0.3 is 0 Å². The third kappa shape index (κ3) is 2.91. The highest BCUT2D eigenvalue weighted by Gasteiger charge is 2.20. The van der Waals surface area contributed by atoms with E-state index in [1.807, 2.05) is 22.9 Å². The zero-order valence-electron chi connectivity index (χ0n) is 14.2. The predicted molar refractivity (Wildman–Crippen MR) is 95.6 cm³/mol. The molecule has 0 spiro atoms. The van der Waals surface area contributed by atoms with Crippen LogP contribution in [-0.4, -0.2) is 47.2 Å². The van der Waals surface area contributed by atoms with Gasteiger partial charge in [0.1, 0.15) is 11.6 Å². The Labute approximate surface area is 145 Å². The van der Waals surface area contributed by atoms with Crippen molar-refractivity contribution >= 4 is 17.3 Å². The lowest BCUT2D eigenvalue weighted by Crippen LogP contribution is -2.41. The van der Waals surface area contributed by atoms with Crippen molar-refractivity contribution in [2.45, 2.75) is 13.0 Å². The van der Waals surface area contributed by atoms with Gasteiger partial charge in [-0.3, -0.25) is 4.40 Å². The van der Waals surface area contributed by atoms with Crippen LogP contribution in [0.1, 0.15) is 6.92 Å². The minimum atomic E-state index is -0.301. The zero-order chi connectivity index (χ0) is 17.4. The fourth-order valence-corrected chi connectivity index (χ4v) is 3.15. The SMILES string of the molecule is CNc1ccc(F)c(-c2ccn3c(N4CCOC(C)C4)cnc3n2)c1. The number of fused-ring (bicyclic) bond motifs is 1. The van der Waals surface area contributed by atoms with Gasteiger partial charge in [-0.1, -0.05) is 0 Å². The molecule has 1 atom stereocenters. The molecule has 1 aliphatic rings. The first-order valence-corrected chi connectivity index (χ1v) is 8.34. The molecule has 0 saturated carbocycles. The molecule has 3 heterocycles. The minimum absolute atomic E-state index is 0.185. The number of ether oxygens (including phenoxy) is 1. The Bertz CT molecular complexity index is 910. The quantitative estimate of drug-likeness (QED) is 0.794. The van der Waals surface area contributed by atoms with Gasteiger partial charge in [-0.25, -0.2) is 14.4 Å². The molecule has 4 rings (SSSR count). The monoisotopic (exact) mass is 341 g/mol. The van der Waals surface area contributed by atoms with Crippen molar-refractivity contribution in [2.24, 2.45) is 0 Å². The molecule has 1 saturated heterocycles. The summed E-state index contributed by atoms with van der Waals surface area (Å²) in [4.78, 5) is 11.2. The van der Waals surface area contributed by atoms with Gasteiger partial charge in [0.05, 0.1) is 24.6 Å². The summed E-state index contributed by atoms with van der Waals surface area (Å²) in [5, 5.41) is 3.02. The first-order chi connectivity index (χ1) is 12.2. The lowest BCUT2D eigenvalue weighted by Gasteiger charge is -2.32. The summed E-state index contributed by atoms with van der Waals surface area (Å²) < 4.78 is 21.7. The van der Waals surface area contributed by atoms with Crippen LogP contribution in [0.2, 0.25) is 0 Å². The summed E-state index contributed by atoms with van der Waals surface area (Å²) in [5.41, 5.74) is 1.86. The molecule has 0 radical (unpaired) electrons. The van der Waals surface area contributed by atoms with E-state index >= 15 is 0 Å². The Morgan fingerprint density at radius 1 is 1.32 bits per heavy atom. The van der Waals surface area contributed by atoms with E-state index in [2.05, 4.69) is 27.1 Å². The van der Waals surface area contributed by atoms with E-state index in [0.29, 0.717) is 23.6 Å². The van der Waals surface area contributed by atoms with Gasteiger partial charge in [-0.05, 0) is 31.2 Å². The van der Waals surface area contributed by atoms with Crippen LogP contribution in [0.25, 0.3) is 17.0 Å². The van der Waals surface area contributed by atoms with Crippen molar-refractivity contribution in [3.63, 3.8) is 0 Å². The van der Waals surface area contributed by atoms with Crippen LogP contribution >= 0.6 is 0 Å². The number of rotatable bonds is 3. The fourth-order valence-electron chi connectivity index (χ4n) is 3.15. The maximum Gasteiger partial charge on any atom is 0.235 e. The van der Waals surface area contributed by atoms with Crippen molar-refractivity contribution in [3.8, 4) is 11.3 Å². The van der Waals surface area contributed by atoms with Gasteiger partial charge in [0, 0.05) is 37.6 Å². The van der Waals surface area contributed by atoms with Crippen molar-refractivity contribution in [1.29, 1.82) is 0 Å². The van der Waals surface area contributed by atoms with Gasteiger partial charge in [-0.15, -0.1) is 0 Å². The molecule has 25 heavy (non-hydrogen) atoms. The normalized spacial score (nSPS) is 17.9. The maximum absolute atomic E-state index is 14.2. The highest BCUT2D eigenvalue weighted by molar-refractivity contribution is 5.67. The van der Waals surface area contributed by atoms with E-state index in [9.17, 15) is 4.39 Å². The topological polar surface area (TPSA) is 54.7 Å². The molecule has 1 aliphatic heterocycles. The largest absolute Gasteiger partial charge is 0.388 e. The van der Waals surface area contributed by atoms with E-state index in [-0.39, 0.29) is 11.9 Å². The third-order valence-electron chi connectivity index (χ3n) is 4.46. The second-order valence-corrected chi connectivity index (χ2v) is 6.17. The summed E-state index contributed by atoms with van der Waals surface area (Å²) in [6.45, 7) is 4.39. The third-order valence-corrected chi connectivity index (χ3v) is 4.46. The second kappa shape index (κ2) is 6.33. The summed E-state index contributed by atoms with van der Waals surface area (Å²) in [5.74, 6) is 1.24. The average Bonchev–Trinajstić information content (AvgIpc) is 3.05. The molecular weight excluding hydrogens is 321 g/mol. The summed E-state index contributed by atoms with van der Waals surface area (Å²) >= 11 is 0.